The molecule has 1 amide bonds. The van der Waals surface area contributed by atoms with Crippen LogP contribution in [-0.2, 0) is 4.74 Å². The van der Waals surface area contributed by atoms with Crippen LogP contribution in [0.3, 0.4) is 0 Å². The molecule has 1 heterocycles. The highest BCUT2D eigenvalue weighted by atomic mass is 19.1. The summed E-state index contributed by atoms with van der Waals surface area (Å²) < 4.78 is 38.1. The highest BCUT2D eigenvalue weighted by Crippen LogP contribution is 2.26. The SMILES string of the molecule is COCCN1CC(NC(=O)c2c(F)cc(OC)cc2F)C(C(C)C)C1. The molecule has 2 rings (SSSR count). The van der Waals surface area contributed by atoms with E-state index in [0.29, 0.717) is 19.1 Å². The van der Waals surface area contributed by atoms with Crippen molar-refractivity contribution in [3.8, 4) is 5.75 Å². The number of hydrogen-bond acceptors (Lipinski definition) is 4. The number of halogens is 2. The highest BCUT2D eigenvalue weighted by molar-refractivity contribution is 5.95. The molecule has 0 spiro atoms. The predicted octanol–water partition coefficient (Wildman–Crippen LogP) is 2.31. The van der Waals surface area contributed by atoms with Gasteiger partial charge in [0.2, 0.25) is 0 Å². The van der Waals surface area contributed by atoms with E-state index >= 15 is 0 Å². The van der Waals surface area contributed by atoms with Crippen LogP contribution >= 0.6 is 0 Å². The lowest BCUT2D eigenvalue weighted by molar-refractivity contribution is 0.0916. The largest absolute Gasteiger partial charge is 0.497 e. The number of amides is 1. The Morgan fingerprint density at radius 3 is 2.44 bits per heavy atom. The van der Waals surface area contributed by atoms with E-state index in [0.717, 1.165) is 25.2 Å². The maximum Gasteiger partial charge on any atom is 0.257 e. The van der Waals surface area contributed by atoms with Crippen molar-refractivity contribution in [2.75, 3.05) is 40.5 Å². The Balaban J connectivity index is 2.13. The lowest BCUT2D eigenvalue weighted by Gasteiger charge is -2.23. The molecule has 0 aliphatic carbocycles. The van der Waals surface area contributed by atoms with Gasteiger partial charge in [0.05, 0.1) is 13.7 Å². The number of hydrogen-bond donors (Lipinski definition) is 1. The fourth-order valence-electron chi connectivity index (χ4n) is 3.27. The fraction of sp³-hybridized carbons (Fsp3) is 0.611. The zero-order valence-electron chi connectivity index (χ0n) is 15.1. The molecule has 7 heteroatoms. The van der Waals surface area contributed by atoms with Gasteiger partial charge in [-0.05, 0) is 11.8 Å². The van der Waals surface area contributed by atoms with Crippen LogP contribution in [0.1, 0.15) is 24.2 Å². The monoisotopic (exact) mass is 356 g/mol. The Morgan fingerprint density at radius 1 is 1.28 bits per heavy atom. The Kier molecular flexibility index (Phi) is 6.72. The lowest BCUT2D eigenvalue weighted by Crippen LogP contribution is -2.42. The summed E-state index contributed by atoms with van der Waals surface area (Å²) in [7, 11) is 2.96. The number of nitrogens with one attached hydrogen (secondary N) is 1. The molecule has 1 saturated heterocycles. The highest BCUT2D eigenvalue weighted by Gasteiger charge is 2.36. The summed E-state index contributed by atoms with van der Waals surface area (Å²) >= 11 is 0. The molecule has 0 aromatic heterocycles. The summed E-state index contributed by atoms with van der Waals surface area (Å²) in [6.45, 7) is 6.98. The van der Waals surface area contributed by atoms with Crippen LogP contribution in [0.25, 0.3) is 0 Å². The quantitative estimate of drug-likeness (QED) is 0.815. The van der Waals surface area contributed by atoms with E-state index in [1.54, 1.807) is 7.11 Å². The minimum absolute atomic E-state index is 0.0400. The van der Waals surface area contributed by atoms with Crippen molar-refractivity contribution in [1.29, 1.82) is 0 Å². The summed E-state index contributed by atoms with van der Waals surface area (Å²) in [5.74, 6) is -2.00. The molecule has 1 fully saturated rings. The summed E-state index contributed by atoms with van der Waals surface area (Å²) in [6, 6.07) is 1.86. The second-order valence-electron chi connectivity index (χ2n) is 6.71. The molecule has 25 heavy (non-hydrogen) atoms. The van der Waals surface area contributed by atoms with Crippen LogP contribution in [0.4, 0.5) is 8.78 Å². The van der Waals surface area contributed by atoms with Crippen LogP contribution in [0, 0.1) is 23.5 Å². The molecule has 0 radical (unpaired) electrons. The second kappa shape index (κ2) is 8.58. The summed E-state index contributed by atoms with van der Waals surface area (Å²) in [5, 5.41) is 2.81. The number of benzene rings is 1. The van der Waals surface area contributed by atoms with Gasteiger partial charge in [0.15, 0.2) is 0 Å². The Hall–Kier alpha value is -1.73. The fourth-order valence-corrected chi connectivity index (χ4v) is 3.27. The minimum atomic E-state index is -0.926. The second-order valence-corrected chi connectivity index (χ2v) is 6.71. The number of carbonyl (C=O) groups excluding carboxylic acids is 1. The molecule has 0 saturated carbocycles. The van der Waals surface area contributed by atoms with Gasteiger partial charge >= 0.3 is 0 Å². The standard InChI is InChI=1S/C18H26F2N2O3/c1-11(2)13-9-22(5-6-24-3)10-16(13)21-18(23)17-14(19)7-12(25-4)8-15(17)20/h7-8,11,13,16H,5-6,9-10H2,1-4H3,(H,21,23). The molecular weight excluding hydrogens is 330 g/mol. The number of nitrogens with zero attached hydrogens (tertiary/aromatic N) is 1. The molecule has 5 nitrogen and oxygen atoms in total. The average Bonchev–Trinajstić information content (AvgIpc) is 2.95. The third-order valence-corrected chi connectivity index (χ3v) is 4.70. The Labute approximate surface area is 147 Å². The summed E-state index contributed by atoms with van der Waals surface area (Å²) in [4.78, 5) is 14.6. The zero-order valence-corrected chi connectivity index (χ0v) is 15.1. The van der Waals surface area contributed by atoms with Gasteiger partial charge in [-0.15, -0.1) is 0 Å². The maximum absolute atomic E-state index is 14.1. The smallest absolute Gasteiger partial charge is 0.257 e. The van der Waals surface area contributed by atoms with Crippen molar-refractivity contribution in [3.05, 3.63) is 29.3 Å². The molecule has 1 aliphatic heterocycles. The molecule has 1 N–H and O–H groups in total. The van der Waals surface area contributed by atoms with Crippen LogP contribution in [0.5, 0.6) is 5.75 Å². The van der Waals surface area contributed by atoms with E-state index in [-0.39, 0.29) is 17.7 Å². The van der Waals surface area contributed by atoms with Crippen LogP contribution in [-0.4, -0.2) is 57.3 Å². The summed E-state index contributed by atoms with van der Waals surface area (Å²) in [5.41, 5.74) is -0.571. The number of carbonyl (C=O) groups is 1. The molecule has 0 bridgehead atoms. The topological polar surface area (TPSA) is 50.8 Å². The molecule has 2 atom stereocenters. The van der Waals surface area contributed by atoms with Gasteiger partial charge in [-0.1, -0.05) is 13.8 Å². The molecule has 1 aromatic rings. The van der Waals surface area contributed by atoms with Crippen LogP contribution in [0.15, 0.2) is 12.1 Å². The number of ether oxygens (including phenoxy) is 2. The molecule has 1 aliphatic rings. The Bertz CT molecular complexity index is 587. The van der Waals surface area contributed by atoms with Gasteiger partial charge in [0, 0.05) is 44.9 Å². The van der Waals surface area contributed by atoms with Crippen molar-refractivity contribution < 1.29 is 23.0 Å². The molecule has 2 unspecified atom stereocenters. The molecule has 1 aromatic carbocycles. The van der Waals surface area contributed by atoms with Gasteiger partial charge in [0.1, 0.15) is 22.9 Å². The number of likely N-dealkylation sites (tertiary alicyclic amines) is 1. The minimum Gasteiger partial charge on any atom is -0.497 e. The van der Waals surface area contributed by atoms with E-state index in [1.165, 1.54) is 7.11 Å². The van der Waals surface area contributed by atoms with Gasteiger partial charge in [-0.2, -0.15) is 0 Å². The average molecular weight is 356 g/mol. The number of methoxy groups -OCH3 is 2. The van der Waals surface area contributed by atoms with Gasteiger partial charge in [-0.3, -0.25) is 9.69 Å². The van der Waals surface area contributed by atoms with Crippen molar-refractivity contribution in [2.24, 2.45) is 11.8 Å². The number of rotatable bonds is 7. The first-order valence-electron chi connectivity index (χ1n) is 8.42. The van der Waals surface area contributed by atoms with Crippen molar-refractivity contribution in [2.45, 2.75) is 19.9 Å². The normalized spacial score (nSPS) is 20.9. The van der Waals surface area contributed by atoms with Crippen LogP contribution in [0.2, 0.25) is 0 Å². The van der Waals surface area contributed by atoms with E-state index < -0.39 is 23.1 Å². The first kappa shape index (κ1) is 19.6. The van der Waals surface area contributed by atoms with Gasteiger partial charge in [0.25, 0.3) is 5.91 Å². The first-order valence-corrected chi connectivity index (χ1v) is 8.42. The lowest BCUT2D eigenvalue weighted by atomic mass is 9.91. The van der Waals surface area contributed by atoms with Crippen molar-refractivity contribution in [1.82, 2.24) is 10.2 Å². The summed E-state index contributed by atoms with van der Waals surface area (Å²) in [6.07, 6.45) is 0. The predicted molar refractivity (Wildman–Crippen MR) is 90.8 cm³/mol. The zero-order chi connectivity index (χ0) is 18.6. The Morgan fingerprint density at radius 2 is 1.92 bits per heavy atom. The van der Waals surface area contributed by atoms with E-state index in [4.69, 9.17) is 9.47 Å². The third-order valence-electron chi connectivity index (χ3n) is 4.70. The van der Waals surface area contributed by atoms with Gasteiger partial charge < -0.3 is 14.8 Å². The molecular formula is C18H26F2N2O3. The van der Waals surface area contributed by atoms with Crippen LogP contribution < -0.4 is 10.1 Å². The van der Waals surface area contributed by atoms with Crippen molar-refractivity contribution >= 4 is 5.91 Å². The maximum atomic E-state index is 14.1. The van der Waals surface area contributed by atoms with E-state index in [2.05, 4.69) is 24.1 Å². The molecule has 140 valence electrons. The van der Waals surface area contributed by atoms with E-state index in [1.807, 2.05) is 0 Å². The van der Waals surface area contributed by atoms with Crippen molar-refractivity contribution in [3.63, 3.8) is 0 Å². The van der Waals surface area contributed by atoms with E-state index in [9.17, 15) is 13.6 Å². The van der Waals surface area contributed by atoms with Gasteiger partial charge in [-0.25, -0.2) is 8.78 Å². The third kappa shape index (κ3) is 4.67. The first-order chi connectivity index (χ1) is 11.9.